The van der Waals surface area contributed by atoms with Crippen LogP contribution in [0.25, 0.3) is 12.2 Å². The van der Waals surface area contributed by atoms with E-state index in [-0.39, 0.29) is 6.42 Å². The van der Waals surface area contributed by atoms with E-state index in [1.54, 1.807) is 0 Å². The van der Waals surface area contributed by atoms with Crippen molar-refractivity contribution in [3.05, 3.63) is 71.4 Å². The fraction of sp³-hybridized carbons (Fsp3) is 0.320. The first-order valence-electron chi connectivity index (χ1n) is 10.9. The number of anilines is 1. The van der Waals surface area contributed by atoms with Crippen LogP contribution >= 0.6 is 0 Å². The smallest absolute Gasteiger partial charge is 0.377 e. The number of hydrogen-bond donors (Lipinski definition) is 3. The number of aryl methyl sites for hydroxylation is 1. The van der Waals surface area contributed by atoms with Crippen LogP contribution in [0.15, 0.2) is 60.3 Å². The molecule has 34 heavy (non-hydrogen) atoms. The summed E-state index contributed by atoms with van der Waals surface area (Å²) in [5.41, 5.74) is 3.31. The Labute approximate surface area is 197 Å². The zero-order valence-corrected chi connectivity index (χ0v) is 19.1. The molecular weight excluding hydrogens is 440 g/mol. The van der Waals surface area contributed by atoms with Crippen LogP contribution in [0.5, 0.6) is 0 Å². The molecule has 0 amide bonds. The number of nitrogens with zero attached hydrogens (tertiary/aromatic N) is 2. The van der Waals surface area contributed by atoms with Crippen molar-refractivity contribution < 1.29 is 38.9 Å². The Hall–Kier alpha value is -3.85. The van der Waals surface area contributed by atoms with E-state index >= 15 is 0 Å². The molecule has 9 nitrogen and oxygen atoms in total. The Morgan fingerprint density at radius 2 is 1.74 bits per heavy atom. The van der Waals surface area contributed by atoms with Gasteiger partial charge < -0.3 is 29.7 Å². The van der Waals surface area contributed by atoms with E-state index in [0.717, 1.165) is 16.8 Å². The molecule has 3 rings (SSSR count). The summed E-state index contributed by atoms with van der Waals surface area (Å²) in [6.07, 6.45) is 5.68. The second-order valence-electron chi connectivity index (χ2n) is 8.10. The lowest BCUT2D eigenvalue weighted by molar-refractivity contribution is -0.697. The summed E-state index contributed by atoms with van der Waals surface area (Å²) in [6.45, 7) is 0.130. The quantitative estimate of drug-likeness (QED) is 0.358. The van der Waals surface area contributed by atoms with Gasteiger partial charge in [-0.25, -0.2) is 9.36 Å². The van der Waals surface area contributed by atoms with E-state index in [9.17, 15) is 24.9 Å². The number of aliphatic hydroxyl groups excluding tert-OH is 3. The van der Waals surface area contributed by atoms with E-state index < -0.39 is 42.3 Å². The lowest BCUT2D eigenvalue weighted by atomic mass is 10.1. The van der Waals surface area contributed by atoms with Crippen LogP contribution in [0, 0.1) is 0 Å². The number of rotatable bonds is 10. The molecule has 1 aromatic carbocycles. The lowest BCUT2D eigenvalue weighted by Gasteiger charge is -2.17. The molecule has 0 saturated heterocycles. The number of hydrogen-bond acceptors (Lipinski definition) is 8. The molecule has 2 heterocycles. The van der Waals surface area contributed by atoms with Crippen LogP contribution in [0.2, 0.25) is 0 Å². The monoisotopic (exact) mass is 469 g/mol. The predicted octanol–water partition coefficient (Wildman–Crippen LogP) is 2.15. The number of aromatic nitrogens is 1. The lowest BCUT2D eigenvalue weighted by Crippen LogP contribution is -2.34. The summed E-state index contributed by atoms with van der Waals surface area (Å²) in [5.74, 6) is -3.39. The number of cyclic esters (lactones) is 1. The predicted molar refractivity (Wildman–Crippen MR) is 125 cm³/mol. The Kier molecular flexibility index (Phi) is 8.26. The van der Waals surface area contributed by atoms with Gasteiger partial charge >= 0.3 is 11.9 Å². The molecule has 180 valence electrons. The maximum absolute atomic E-state index is 11.9. The van der Waals surface area contributed by atoms with Crippen molar-refractivity contribution in [2.24, 2.45) is 0 Å². The molecule has 0 fully saturated rings. The second kappa shape index (κ2) is 11.3. The van der Waals surface area contributed by atoms with Gasteiger partial charge in [0.05, 0.1) is 6.42 Å². The summed E-state index contributed by atoms with van der Waals surface area (Å²) >= 11 is 0. The topological polar surface area (TPSA) is 120 Å². The molecule has 0 aliphatic carbocycles. The third-order valence-electron chi connectivity index (χ3n) is 5.30. The number of benzene rings is 1. The van der Waals surface area contributed by atoms with Crippen LogP contribution in [0.1, 0.15) is 24.0 Å². The van der Waals surface area contributed by atoms with E-state index in [2.05, 4.69) is 33.9 Å². The third kappa shape index (κ3) is 6.58. The van der Waals surface area contributed by atoms with Gasteiger partial charge in [0, 0.05) is 38.3 Å². The van der Waals surface area contributed by atoms with E-state index in [4.69, 9.17) is 4.74 Å². The van der Waals surface area contributed by atoms with Crippen LogP contribution in [-0.2, 0) is 25.6 Å². The Morgan fingerprint density at radius 3 is 2.29 bits per heavy atom. The third-order valence-corrected chi connectivity index (χ3v) is 5.30. The molecular formula is C25H29N2O7+. The van der Waals surface area contributed by atoms with Crippen LogP contribution in [-0.4, -0.2) is 60.2 Å². The Morgan fingerprint density at radius 1 is 1.12 bits per heavy atom. The van der Waals surface area contributed by atoms with Crippen molar-refractivity contribution >= 4 is 29.8 Å². The molecule has 0 saturated carbocycles. The normalized spacial score (nSPS) is 16.6. The molecule has 2 unspecified atom stereocenters. The number of aliphatic hydroxyl groups is 3. The largest absolute Gasteiger partial charge is 0.505 e. The van der Waals surface area contributed by atoms with Gasteiger partial charge in [-0.15, -0.1) is 0 Å². The molecule has 1 aliphatic rings. The highest BCUT2D eigenvalue weighted by molar-refractivity contribution is 5.89. The first-order chi connectivity index (χ1) is 16.2. The first-order valence-corrected chi connectivity index (χ1v) is 10.9. The molecule has 0 bridgehead atoms. The highest BCUT2D eigenvalue weighted by atomic mass is 16.6. The van der Waals surface area contributed by atoms with Crippen molar-refractivity contribution in [2.45, 2.75) is 31.6 Å². The fourth-order valence-corrected chi connectivity index (χ4v) is 3.28. The van der Waals surface area contributed by atoms with E-state index in [0.29, 0.717) is 13.0 Å². The van der Waals surface area contributed by atoms with Gasteiger partial charge in [-0.2, -0.15) is 0 Å². The maximum atomic E-state index is 11.9. The van der Waals surface area contributed by atoms with Crippen LogP contribution in [0.4, 0.5) is 5.69 Å². The first kappa shape index (κ1) is 24.8. The van der Waals surface area contributed by atoms with Gasteiger partial charge in [-0.3, -0.25) is 4.79 Å². The molecule has 9 heteroatoms. The Balaban J connectivity index is 1.39. The summed E-state index contributed by atoms with van der Waals surface area (Å²) in [4.78, 5) is 25.1. The summed E-state index contributed by atoms with van der Waals surface area (Å²) in [7, 11) is 4.01. The average molecular weight is 470 g/mol. The summed E-state index contributed by atoms with van der Waals surface area (Å²) in [6, 6.07) is 12.2. The highest BCUT2D eigenvalue weighted by Crippen LogP contribution is 2.21. The number of carbonyl (C=O) groups is 2. The molecule has 0 spiro atoms. The van der Waals surface area contributed by atoms with Gasteiger partial charge in [0.25, 0.3) is 0 Å². The molecule has 0 radical (unpaired) electrons. The fourth-order valence-electron chi connectivity index (χ4n) is 3.28. The van der Waals surface area contributed by atoms with Crippen LogP contribution < -0.4 is 9.47 Å². The minimum atomic E-state index is -1.47. The van der Waals surface area contributed by atoms with Crippen molar-refractivity contribution in [3.63, 3.8) is 0 Å². The molecule has 2 atom stereocenters. The summed E-state index contributed by atoms with van der Waals surface area (Å²) in [5, 5.41) is 28.7. The standard InChI is InChI=1S/C25H28N2O7/c1-26(2)19-9-7-17(8-10-19)5-6-18-11-14-27(15-12-18)13-3-4-21(29)33-16-20(28)24-22(30)23(31)25(32)34-24/h5-12,14-15,20,24,28H,3-4,13,16H2,1-2H3,(H-,30,31,32)/p+1. The molecule has 2 aromatic rings. The number of esters is 2. The van der Waals surface area contributed by atoms with Crippen molar-refractivity contribution in [1.82, 2.24) is 0 Å². The second-order valence-corrected chi connectivity index (χ2v) is 8.10. The van der Waals surface area contributed by atoms with E-state index in [1.165, 1.54) is 0 Å². The molecule has 1 aliphatic heterocycles. The highest BCUT2D eigenvalue weighted by Gasteiger charge is 2.39. The van der Waals surface area contributed by atoms with Gasteiger partial charge in [0.2, 0.25) is 5.76 Å². The van der Waals surface area contributed by atoms with Crippen molar-refractivity contribution in [3.8, 4) is 0 Å². The zero-order chi connectivity index (χ0) is 24.7. The zero-order valence-electron chi connectivity index (χ0n) is 19.1. The SMILES string of the molecule is CN(C)c1ccc(/C=C/c2cc[n+](CCCC(=O)OCC(O)C3OC(=O)C(O)=C3O)cc2)cc1. The molecule has 1 aromatic heterocycles. The average Bonchev–Trinajstić information content (AvgIpc) is 3.09. The minimum Gasteiger partial charge on any atom is -0.505 e. The number of carbonyl (C=O) groups excluding carboxylic acids is 2. The van der Waals surface area contributed by atoms with Crippen LogP contribution in [0.3, 0.4) is 0 Å². The van der Waals surface area contributed by atoms with Crippen molar-refractivity contribution in [1.29, 1.82) is 0 Å². The van der Waals surface area contributed by atoms with E-state index in [1.807, 2.05) is 55.3 Å². The van der Waals surface area contributed by atoms with Gasteiger partial charge in [-0.05, 0) is 23.3 Å². The number of ether oxygens (including phenoxy) is 2. The van der Waals surface area contributed by atoms with Gasteiger partial charge in [0.1, 0.15) is 19.3 Å². The maximum Gasteiger partial charge on any atom is 0.377 e. The van der Waals surface area contributed by atoms with Gasteiger partial charge in [-0.1, -0.05) is 24.3 Å². The molecule has 3 N–H and O–H groups in total. The Bertz CT molecular complexity index is 1060. The number of pyridine rings is 1. The minimum absolute atomic E-state index is 0.127. The van der Waals surface area contributed by atoms with Crippen molar-refractivity contribution in [2.75, 3.05) is 25.6 Å². The van der Waals surface area contributed by atoms with Gasteiger partial charge in [0.15, 0.2) is 24.3 Å². The summed E-state index contributed by atoms with van der Waals surface area (Å²) < 4.78 is 11.5.